The van der Waals surface area contributed by atoms with Crippen LogP contribution >= 0.6 is 35.7 Å². The first kappa shape index (κ1) is 16.9. The molecule has 5 heteroatoms. The summed E-state index contributed by atoms with van der Waals surface area (Å²) >= 11 is 2.03. The summed E-state index contributed by atoms with van der Waals surface area (Å²) in [4.78, 5) is 4.58. The van der Waals surface area contributed by atoms with E-state index >= 15 is 0 Å². The van der Waals surface area contributed by atoms with Gasteiger partial charge in [-0.2, -0.15) is 11.8 Å². The van der Waals surface area contributed by atoms with E-state index in [1.807, 2.05) is 11.8 Å². The topological polar surface area (TPSA) is 36.4 Å². The Labute approximate surface area is 126 Å². The van der Waals surface area contributed by atoms with Crippen molar-refractivity contribution in [3.8, 4) is 12.3 Å². The van der Waals surface area contributed by atoms with Crippen LogP contribution < -0.4 is 10.6 Å². The molecule has 0 saturated carbocycles. The second-order valence-corrected chi connectivity index (χ2v) is 5.84. The number of rotatable bonds is 4. The summed E-state index contributed by atoms with van der Waals surface area (Å²) in [5, 5.41) is 6.30. The molecule has 1 fully saturated rings. The largest absolute Gasteiger partial charge is 0.357 e. The fraction of sp³-hybridized carbons (Fsp3) is 0.750. The molecule has 1 heterocycles. The Hall–Kier alpha value is -0.0900. The zero-order valence-electron chi connectivity index (χ0n) is 10.6. The van der Waals surface area contributed by atoms with E-state index in [-0.39, 0.29) is 24.0 Å². The van der Waals surface area contributed by atoms with Crippen LogP contribution in [0.25, 0.3) is 0 Å². The number of guanidine groups is 1. The first-order chi connectivity index (χ1) is 7.70. The van der Waals surface area contributed by atoms with E-state index in [2.05, 4.69) is 35.4 Å². The van der Waals surface area contributed by atoms with Gasteiger partial charge in [-0.05, 0) is 32.4 Å². The van der Waals surface area contributed by atoms with Crippen molar-refractivity contribution in [3.63, 3.8) is 0 Å². The predicted octanol–water partition coefficient (Wildman–Crippen LogP) is 2.08. The third kappa shape index (κ3) is 6.41. The highest BCUT2D eigenvalue weighted by molar-refractivity contribution is 14.0. The average Bonchev–Trinajstić information content (AvgIpc) is 2.70. The Kier molecular flexibility index (Phi) is 8.88. The van der Waals surface area contributed by atoms with E-state index in [1.165, 1.54) is 18.6 Å². The zero-order chi connectivity index (χ0) is 11.9. The second-order valence-electron chi connectivity index (χ2n) is 4.15. The van der Waals surface area contributed by atoms with Crippen molar-refractivity contribution < 1.29 is 0 Å². The van der Waals surface area contributed by atoms with Crippen molar-refractivity contribution in [2.45, 2.75) is 31.4 Å². The summed E-state index contributed by atoms with van der Waals surface area (Å²) in [6.07, 6.45) is 7.79. The summed E-state index contributed by atoms with van der Waals surface area (Å²) < 4.78 is 0.318. The van der Waals surface area contributed by atoms with Crippen LogP contribution in [-0.2, 0) is 0 Å². The monoisotopic (exact) mass is 367 g/mol. The van der Waals surface area contributed by atoms with Gasteiger partial charge in [0.2, 0.25) is 0 Å². The molecule has 0 aliphatic carbocycles. The molecule has 0 spiro atoms. The minimum atomic E-state index is 0. The van der Waals surface area contributed by atoms with Gasteiger partial charge in [0.1, 0.15) is 0 Å². The van der Waals surface area contributed by atoms with Crippen molar-refractivity contribution >= 4 is 41.7 Å². The normalized spacial score (nSPS) is 23.7. The summed E-state index contributed by atoms with van der Waals surface area (Å²) in [6.45, 7) is 6.59. The van der Waals surface area contributed by atoms with Crippen LogP contribution in [0.2, 0.25) is 0 Å². The summed E-state index contributed by atoms with van der Waals surface area (Å²) in [6, 6.07) is 0. The van der Waals surface area contributed by atoms with Gasteiger partial charge in [-0.15, -0.1) is 30.4 Å². The molecule has 0 aromatic rings. The molecule has 1 unspecified atom stereocenters. The SMILES string of the molecule is C#CCNC(=NCC1(C)CCCS1)NCC.I. The Balaban J connectivity index is 0.00000256. The van der Waals surface area contributed by atoms with Crippen molar-refractivity contribution in [2.75, 3.05) is 25.4 Å². The molecule has 0 aromatic carbocycles. The van der Waals surface area contributed by atoms with Gasteiger partial charge in [0, 0.05) is 11.3 Å². The minimum Gasteiger partial charge on any atom is -0.357 e. The third-order valence-corrected chi connectivity index (χ3v) is 4.10. The molecule has 1 aliphatic heterocycles. The summed E-state index contributed by atoms with van der Waals surface area (Å²) in [5.74, 6) is 4.65. The van der Waals surface area contributed by atoms with E-state index in [0.717, 1.165) is 19.0 Å². The van der Waals surface area contributed by atoms with Crippen LogP contribution in [0.15, 0.2) is 4.99 Å². The van der Waals surface area contributed by atoms with Gasteiger partial charge in [0.05, 0.1) is 13.1 Å². The predicted molar refractivity (Wildman–Crippen MR) is 88.3 cm³/mol. The van der Waals surface area contributed by atoms with Crippen LogP contribution in [0.4, 0.5) is 0 Å². The lowest BCUT2D eigenvalue weighted by atomic mass is 10.1. The standard InChI is InChI=1S/C12H21N3S.HI/c1-4-8-14-11(13-5-2)15-10-12(3)7-6-9-16-12;/h1H,5-10H2,2-3H3,(H2,13,14,15);1H. The lowest BCUT2D eigenvalue weighted by molar-refractivity contribution is 0.615. The van der Waals surface area contributed by atoms with Gasteiger partial charge >= 0.3 is 0 Å². The number of aliphatic imine (C=N–C) groups is 1. The number of terminal acetylenes is 1. The molecule has 0 aromatic heterocycles. The van der Waals surface area contributed by atoms with Crippen molar-refractivity contribution in [2.24, 2.45) is 4.99 Å². The number of nitrogens with zero attached hydrogens (tertiary/aromatic N) is 1. The molecular formula is C12H22IN3S. The van der Waals surface area contributed by atoms with E-state index in [4.69, 9.17) is 6.42 Å². The fourth-order valence-corrected chi connectivity index (χ4v) is 2.91. The molecule has 1 saturated heterocycles. The lowest BCUT2D eigenvalue weighted by Crippen LogP contribution is -2.38. The first-order valence-electron chi connectivity index (χ1n) is 5.80. The lowest BCUT2D eigenvalue weighted by Gasteiger charge is -2.20. The van der Waals surface area contributed by atoms with Gasteiger partial charge in [-0.3, -0.25) is 4.99 Å². The molecule has 0 bridgehead atoms. The Morgan fingerprint density at radius 2 is 2.29 bits per heavy atom. The molecule has 1 atom stereocenters. The quantitative estimate of drug-likeness (QED) is 0.346. The maximum atomic E-state index is 5.22. The molecule has 1 rings (SSSR count). The minimum absolute atomic E-state index is 0. The molecular weight excluding hydrogens is 345 g/mol. The summed E-state index contributed by atoms with van der Waals surface area (Å²) in [5.41, 5.74) is 0. The van der Waals surface area contributed by atoms with E-state index in [1.54, 1.807) is 0 Å². The number of hydrogen-bond donors (Lipinski definition) is 2. The van der Waals surface area contributed by atoms with Gasteiger partial charge in [0.15, 0.2) is 5.96 Å². The van der Waals surface area contributed by atoms with E-state index in [0.29, 0.717) is 11.3 Å². The van der Waals surface area contributed by atoms with Gasteiger partial charge in [0.25, 0.3) is 0 Å². The third-order valence-electron chi connectivity index (χ3n) is 2.57. The maximum absolute atomic E-state index is 5.22. The number of hydrogen-bond acceptors (Lipinski definition) is 2. The average molecular weight is 367 g/mol. The van der Waals surface area contributed by atoms with Crippen LogP contribution in [-0.4, -0.2) is 36.1 Å². The molecule has 0 amide bonds. The molecule has 98 valence electrons. The highest BCUT2D eigenvalue weighted by Crippen LogP contribution is 2.37. The number of thioether (sulfide) groups is 1. The molecule has 17 heavy (non-hydrogen) atoms. The van der Waals surface area contributed by atoms with Crippen molar-refractivity contribution in [1.82, 2.24) is 10.6 Å². The van der Waals surface area contributed by atoms with Crippen LogP contribution in [0.5, 0.6) is 0 Å². The fourth-order valence-electron chi connectivity index (χ4n) is 1.68. The maximum Gasteiger partial charge on any atom is 0.192 e. The Morgan fingerprint density at radius 1 is 1.53 bits per heavy atom. The Morgan fingerprint density at radius 3 is 2.82 bits per heavy atom. The highest BCUT2D eigenvalue weighted by Gasteiger charge is 2.29. The molecule has 2 N–H and O–H groups in total. The molecule has 3 nitrogen and oxygen atoms in total. The van der Waals surface area contributed by atoms with Crippen LogP contribution in [0.3, 0.4) is 0 Å². The Bertz CT molecular complexity index is 280. The van der Waals surface area contributed by atoms with Gasteiger partial charge in [-0.25, -0.2) is 0 Å². The van der Waals surface area contributed by atoms with Crippen LogP contribution in [0.1, 0.15) is 26.7 Å². The van der Waals surface area contributed by atoms with Crippen LogP contribution in [0, 0.1) is 12.3 Å². The number of halogens is 1. The smallest absolute Gasteiger partial charge is 0.192 e. The highest BCUT2D eigenvalue weighted by atomic mass is 127. The summed E-state index contributed by atoms with van der Waals surface area (Å²) in [7, 11) is 0. The zero-order valence-corrected chi connectivity index (χ0v) is 13.7. The van der Waals surface area contributed by atoms with E-state index in [9.17, 15) is 0 Å². The van der Waals surface area contributed by atoms with Gasteiger partial charge in [-0.1, -0.05) is 5.92 Å². The first-order valence-corrected chi connectivity index (χ1v) is 6.78. The van der Waals surface area contributed by atoms with Gasteiger partial charge < -0.3 is 10.6 Å². The molecule has 0 radical (unpaired) electrons. The second kappa shape index (κ2) is 8.92. The number of nitrogens with one attached hydrogen (secondary N) is 2. The van der Waals surface area contributed by atoms with Crippen molar-refractivity contribution in [1.29, 1.82) is 0 Å². The molecule has 1 aliphatic rings. The van der Waals surface area contributed by atoms with Crippen molar-refractivity contribution in [3.05, 3.63) is 0 Å². The van der Waals surface area contributed by atoms with E-state index < -0.39 is 0 Å².